The molecule has 0 bridgehead atoms. The Labute approximate surface area is 204 Å². The van der Waals surface area contributed by atoms with E-state index >= 15 is 0 Å². The molecule has 13 heteroatoms. The standard InChI is InChI=1S/C22H37N7O6/c1-11(2)7-14(23)19(31)28-16(8-13-9-25-10-26-13)20(32)29-18(12(3)4)21(33)27-15(22(34)35)5-6-17(24)30/h9-12,14-16,18H,5-8,23H2,1-4H3,(H2,24,30)(H,25,26)(H,27,33)(H,28,31)(H,29,32)(H,34,35). The summed E-state index contributed by atoms with van der Waals surface area (Å²) in [5, 5.41) is 16.9. The van der Waals surface area contributed by atoms with Crippen LogP contribution in [0.3, 0.4) is 0 Å². The number of carboxylic acids is 1. The Hall–Kier alpha value is -3.48. The van der Waals surface area contributed by atoms with Crippen LogP contribution in [0.5, 0.6) is 0 Å². The Morgan fingerprint density at radius 1 is 1.00 bits per heavy atom. The zero-order valence-electron chi connectivity index (χ0n) is 20.5. The number of rotatable bonds is 15. The third-order valence-electron chi connectivity index (χ3n) is 5.21. The van der Waals surface area contributed by atoms with E-state index in [1.807, 2.05) is 13.8 Å². The van der Waals surface area contributed by atoms with Gasteiger partial charge in [-0.1, -0.05) is 27.7 Å². The fourth-order valence-electron chi connectivity index (χ4n) is 3.31. The zero-order valence-corrected chi connectivity index (χ0v) is 20.5. The minimum atomic E-state index is -1.36. The van der Waals surface area contributed by atoms with Gasteiger partial charge in [0.25, 0.3) is 0 Å². The molecule has 0 fully saturated rings. The quantitative estimate of drug-likeness (QED) is 0.156. The molecule has 13 nitrogen and oxygen atoms in total. The van der Waals surface area contributed by atoms with Gasteiger partial charge in [-0.25, -0.2) is 9.78 Å². The molecule has 1 rings (SSSR count). The van der Waals surface area contributed by atoms with E-state index < -0.39 is 59.7 Å². The molecule has 4 amide bonds. The first-order valence-electron chi connectivity index (χ1n) is 11.5. The SMILES string of the molecule is CC(C)CC(N)C(=O)NC(Cc1cnc[nH]1)C(=O)NC(C(=O)NC(CCC(N)=O)C(=O)O)C(C)C. The molecule has 0 radical (unpaired) electrons. The molecule has 35 heavy (non-hydrogen) atoms. The molecular formula is C22H37N7O6. The van der Waals surface area contributed by atoms with Gasteiger partial charge in [-0.2, -0.15) is 0 Å². The van der Waals surface area contributed by atoms with Gasteiger partial charge in [0.1, 0.15) is 18.1 Å². The Balaban J connectivity index is 3.00. The molecule has 0 aromatic carbocycles. The average Bonchev–Trinajstić information content (AvgIpc) is 3.26. The Morgan fingerprint density at radius 2 is 1.63 bits per heavy atom. The van der Waals surface area contributed by atoms with E-state index in [-0.39, 0.29) is 25.2 Å². The van der Waals surface area contributed by atoms with Gasteiger partial charge < -0.3 is 37.5 Å². The molecule has 1 aromatic rings. The second kappa shape index (κ2) is 14.0. The van der Waals surface area contributed by atoms with Crippen LogP contribution >= 0.6 is 0 Å². The molecule has 0 aliphatic carbocycles. The molecular weight excluding hydrogens is 458 g/mol. The number of aromatic nitrogens is 2. The van der Waals surface area contributed by atoms with E-state index in [4.69, 9.17) is 11.5 Å². The number of nitrogens with two attached hydrogens (primary N) is 2. The lowest BCUT2D eigenvalue weighted by atomic mass is 10.0. The lowest BCUT2D eigenvalue weighted by molar-refractivity contribution is -0.143. The molecule has 4 atom stereocenters. The van der Waals surface area contributed by atoms with Crippen molar-refractivity contribution in [3.8, 4) is 0 Å². The monoisotopic (exact) mass is 495 g/mol. The Kier molecular flexibility index (Phi) is 11.9. The fraction of sp³-hybridized carbons (Fsp3) is 0.636. The first-order chi connectivity index (χ1) is 16.3. The van der Waals surface area contributed by atoms with Crippen LogP contribution in [0.2, 0.25) is 0 Å². The molecule has 0 spiro atoms. The number of carboxylic acid groups (broad SMARTS) is 1. The molecule has 196 valence electrons. The summed E-state index contributed by atoms with van der Waals surface area (Å²) in [5.41, 5.74) is 11.6. The van der Waals surface area contributed by atoms with Crippen LogP contribution in [0.4, 0.5) is 0 Å². The third-order valence-corrected chi connectivity index (χ3v) is 5.21. The van der Waals surface area contributed by atoms with Crippen molar-refractivity contribution in [3.63, 3.8) is 0 Å². The van der Waals surface area contributed by atoms with Crippen molar-refractivity contribution >= 4 is 29.6 Å². The third kappa shape index (κ3) is 10.5. The van der Waals surface area contributed by atoms with Crippen molar-refractivity contribution in [2.75, 3.05) is 0 Å². The summed E-state index contributed by atoms with van der Waals surface area (Å²) in [6, 6.07) is -4.36. The predicted molar refractivity (Wildman–Crippen MR) is 126 cm³/mol. The minimum Gasteiger partial charge on any atom is -0.480 e. The number of aliphatic carboxylic acids is 1. The predicted octanol–water partition coefficient (Wildman–Crippen LogP) is -1.21. The number of imidazole rings is 1. The fourth-order valence-corrected chi connectivity index (χ4v) is 3.31. The number of nitrogens with one attached hydrogen (secondary N) is 4. The van der Waals surface area contributed by atoms with E-state index in [1.54, 1.807) is 13.8 Å². The highest BCUT2D eigenvalue weighted by atomic mass is 16.4. The van der Waals surface area contributed by atoms with Crippen LogP contribution < -0.4 is 27.4 Å². The Bertz CT molecular complexity index is 872. The van der Waals surface area contributed by atoms with Crippen molar-refractivity contribution in [3.05, 3.63) is 18.2 Å². The summed E-state index contributed by atoms with van der Waals surface area (Å²) in [4.78, 5) is 67.9. The maximum absolute atomic E-state index is 13.1. The van der Waals surface area contributed by atoms with Crippen molar-refractivity contribution < 1.29 is 29.1 Å². The van der Waals surface area contributed by atoms with E-state index in [9.17, 15) is 29.1 Å². The second-order valence-electron chi connectivity index (χ2n) is 9.21. The largest absolute Gasteiger partial charge is 0.480 e. The molecule has 0 saturated carbocycles. The lowest BCUT2D eigenvalue weighted by Gasteiger charge is -2.27. The number of carbonyl (C=O) groups is 5. The van der Waals surface area contributed by atoms with Gasteiger partial charge in [0.2, 0.25) is 23.6 Å². The van der Waals surface area contributed by atoms with Crippen LogP contribution in [0.15, 0.2) is 12.5 Å². The number of carbonyl (C=O) groups excluding carboxylic acids is 4. The minimum absolute atomic E-state index is 0.0643. The first-order valence-corrected chi connectivity index (χ1v) is 11.5. The molecule has 4 unspecified atom stereocenters. The van der Waals surface area contributed by atoms with Gasteiger partial charge >= 0.3 is 5.97 Å². The van der Waals surface area contributed by atoms with Crippen molar-refractivity contribution in [1.82, 2.24) is 25.9 Å². The summed E-state index contributed by atoms with van der Waals surface area (Å²) < 4.78 is 0. The molecule has 0 aliphatic rings. The van der Waals surface area contributed by atoms with Gasteiger partial charge in [-0.3, -0.25) is 19.2 Å². The molecule has 1 heterocycles. The van der Waals surface area contributed by atoms with E-state index in [0.29, 0.717) is 12.1 Å². The summed E-state index contributed by atoms with van der Waals surface area (Å²) in [7, 11) is 0. The summed E-state index contributed by atoms with van der Waals surface area (Å²) in [6.07, 6.45) is 2.99. The normalized spacial score (nSPS) is 14.6. The Morgan fingerprint density at radius 3 is 2.11 bits per heavy atom. The number of aromatic amines is 1. The number of hydrogen-bond acceptors (Lipinski definition) is 7. The van der Waals surface area contributed by atoms with Crippen LogP contribution in [-0.2, 0) is 30.4 Å². The smallest absolute Gasteiger partial charge is 0.326 e. The first kappa shape index (κ1) is 29.6. The molecule has 1 aromatic heterocycles. The van der Waals surface area contributed by atoms with Crippen LogP contribution in [-0.4, -0.2) is 68.8 Å². The highest BCUT2D eigenvalue weighted by Gasteiger charge is 2.32. The number of hydrogen-bond donors (Lipinski definition) is 7. The summed E-state index contributed by atoms with van der Waals surface area (Å²) in [5.74, 6) is -4.20. The molecule has 0 saturated heterocycles. The number of H-pyrrole nitrogens is 1. The van der Waals surface area contributed by atoms with Gasteiger partial charge in [0.05, 0.1) is 12.4 Å². The van der Waals surface area contributed by atoms with Crippen molar-refractivity contribution in [2.45, 2.75) is 77.5 Å². The average molecular weight is 496 g/mol. The van der Waals surface area contributed by atoms with Gasteiger partial charge in [-0.15, -0.1) is 0 Å². The highest BCUT2D eigenvalue weighted by Crippen LogP contribution is 2.08. The van der Waals surface area contributed by atoms with Gasteiger partial charge in [0, 0.05) is 24.7 Å². The second-order valence-corrected chi connectivity index (χ2v) is 9.21. The van der Waals surface area contributed by atoms with E-state index in [0.717, 1.165) is 0 Å². The van der Waals surface area contributed by atoms with E-state index in [1.165, 1.54) is 12.5 Å². The van der Waals surface area contributed by atoms with Gasteiger partial charge in [-0.05, 0) is 24.7 Å². The summed E-state index contributed by atoms with van der Waals surface area (Å²) in [6.45, 7) is 7.18. The maximum Gasteiger partial charge on any atom is 0.326 e. The lowest BCUT2D eigenvalue weighted by Crippen LogP contribution is -2.59. The van der Waals surface area contributed by atoms with Crippen molar-refractivity contribution in [2.24, 2.45) is 23.3 Å². The summed E-state index contributed by atoms with van der Waals surface area (Å²) >= 11 is 0. The van der Waals surface area contributed by atoms with Crippen LogP contribution in [0.1, 0.15) is 52.7 Å². The topological polar surface area (TPSA) is 222 Å². The maximum atomic E-state index is 13.1. The van der Waals surface area contributed by atoms with Crippen molar-refractivity contribution in [1.29, 1.82) is 0 Å². The molecule has 0 aliphatic heterocycles. The van der Waals surface area contributed by atoms with E-state index in [2.05, 4.69) is 25.9 Å². The highest BCUT2D eigenvalue weighted by molar-refractivity contribution is 5.94. The van der Waals surface area contributed by atoms with Gasteiger partial charge in [0.15, 0.2) is 0 Å². The van der Waals surface area contributed by atoms with Crippen LogP contribution in [0.25, 0.3) is 0 Å². The van der Waals surface area contributed by atoms with Crippen LogP contribution in [0, 0.1) is 11.8 Å². The number of nitrogens with zero attached hydrogens (tertiary/aromatic N) is 1. The zero-order chi connectivity index (χ0) is 26.7. The number of primary amides is 1. The molecule has 9 N–H and O–H groups in total. The number of amides is 4.